The molecule has 0 amide bonds. The van der Waals surface area contributed by atoms with Crippen LogP contribution in [0.3, 0.4) is 0 Å². The Bertz CT molecular complexity index is 1370. The molecule has 1 aliphatic heterocycles. The molecule has 0 bridgehead atoms. The second-order valence-corrected chi connectivity index (χ2v) is 8.60. The normalized spacial score (nSPS) is 15.5. The quantitative estimate of drug-likeness (QED) is 0.228. The minimum atomic E-state index is -1.14. The van der Waals surface area contributed by atoms with Gasteiger partial charge in [-0.15, -0.1) is 0 Å². The maximum atomic E-state index is 14.6. The fourth-order valence-electron chi connectivity index (χ4n) is 3.39. The molecular weight excluding hydrogens is 505 g/mol. The Morgan fingerprint density at radius 3 is 2.71 bits per heavy atom. The van der Waals surface area contributed by atoms with Gasteiger partial charge in [0, 0.05) is 40.2 Å². The van der Waals surface area contributed by atoms with Crippen molar-refractivity contribution in [2.45, 2.75) is 11.1 Å². The molecule has 1 atom stereocenters. The molecule has 0 saturated heterocycles. The zero-order valence-corrected chi connectivity index (χ0v) is 19.5. The van der Waals surface area contributed by atoms with E-state index in [1.807, 2.05) is 0 Å². The Morgan fingerprint density at radius 2 is 2.03 bits per heavy atom. The van der Waals surface area contributed by atoms with E-state index in [1.54, 1.807) is 18.2 Å². The minimum Gasteiger partial charge on any atom is -0.618 e. The van der Waals surface area contributed by atoms with Crippen LogP contribution < -0.4 is 10.0 Å². The van der Waals surface area contributed by atoms with Crippen molar-refractivity contribution in [1.29, 1.82) is 0 Å². The highest BCUT2D eigenvalue weighted by Gasteiger charge is 2.34. The first-order valence-electron chi connectivity index (χ1n) is 10.0. The summed E-state index contributed by atoms with van der Waals surface area (Å²) in [7, 11) is 1.17. The molecule has 4 rings (SSSR count). The van der Waals surface area contributed by atoms with E-state index < -0.39 is 29.5 Å². The van der Waals surface area contributed by atoms with Crippen molar-refractivity contribution in [1.82, 2.24) is 10.3 Å². The number of carbonyl (C=O) groups is 1. The van der Waals surface area contributed by atoms with Crippen LogP contribution in [-0.4, -0.2) is 29.7 Å². The van der Waals surface area contributed by atoms with Crippen molar-refractivity contribution in [2.75, 3.05) is 12.9 Å². The van der Waals surface area contributed by atoms with Crippen molar-refractivity contribution < 1.29 is 27.4 Å². The Kier molecular flexibility index (Phi) is 7.27. The van der Waals surface area contributed by atoms with Crippen LogP contribution in [0.4, 0.5) is 13.2 Å². The van der Waals surface area contributed by atoms with Crippen molar-refractivity contribution in [3.63, 3.8) is 0 Å². The average Bonchev–Trinajstić information content (AvgIpc) is 2.82. The van der Waals surface area contributed by atoms with Crippen LogP contribution in [0.15, 0.2) is 76.1 Å². The maximum Gasteiger partial charge on any atom is 0.338 e. The summed E-state index contributed by atoms with van der Waals surface area (Å²) in [5.41, 5.74) is 0.190. The monoisotopic (exact) mass is 520 g/mol. The number of amidine groups is 1. The fraction of sp³-hybridized carbons (Fsp3) is 0.130. The number of esters is 1. The number of hydrogen-bond acceptors (Lipinski definition) is 7. The highest BCUT2D eigenvalue weighted by Crippen LogP contribution is 2.37. The van der Waals surface area contributed by atoms with Gasteiger partial charge in [0.1, 0.15) is 23.4 Å². The smallest absolute Gasteiger partial charge is 0.338 e. The second-order valence-electron chi connectivity index (χ2n) is 7.19. The summed E-state index contributed by atoms with van der Waals surface area (Å²) in [5.74, 6) is -3.32. The van der Waals surface area contributed by atoms with Crippen LogP contribution in [-0.2, 0) is 9.53 Å². The summed E-state index contributed by atoms with van der Waals surface area (Å²) < 4.78 is 47.4. The largest absolute Gasteiger partial charge is 0.618 e. The van der Waals surface area contributed by atoms with E-state index in [2.05, 4.69) is 15.3 Å². The first-order valence-corrected chi connectivity index (χ1v) is 11.4. The summed E-state index contributed by atoms with van der Waals surface area (Å²) in [4.78, 5) is 21.1. The Morgan fingerprint density at radius 1 is 1.23 bits per heavy atom. The van der Waals surface area contributed by atoms with Gasteiger partial charge in [-0.05, 0) is 30.0 Å². The minimum absolute atomic E-state index is 0.0214. The number of aromatic nitrogens is 2. The first-order chi connectivity index (χ1) is 16.8. The second kappa shape index (κ2) is 10.4. The molecule has 180 valence electrons. The molecule has 0 radical (unpaired) electrons. The third-order valence-corrected chi connectivity index (χ3v) is 6.35. The van der Waals surface area contributed by atoms with Crippen LogP contribution >= 0.6 is 23.4 Å². The van der Waals surface area contributed by atoms with Gasteiger partial charge in [-0.3, -0.25) is 4.99 Å². The first kappa shape index (κ1) is 24.6. The highest BCUT2D eigenvalue weighted by atomic mass is 35.5. The van der Waals surface area contributed by atoms with E-state index in [1.165, 1.54) is 19.4 Å². The molecule has 1 aliphatic rings. The van der Waals surface area contributed by atoms with Gasteiger partial charge < -0.3 is 15.3 Å². The summed E-state index contributed by atoms with van der Waals surface area (Å²) in [6, 6.07) is 7.88. The van der Waals surface area contributed by atoms with Crippen LogP contribution in [0.1, 0.15) is 17.3 Å². The number of aliphatic imine (C=N–C) groups is 1. The number of nitrogens with one attached hydrogen (secondary N) is 1. The summed E-state index contributed by atoms with van der Waals surface area (Å²) in [6.07, 6.45) is 2.14. The number of halogens is 4. The highest BCUT2D eigenvalue weighted by molar-refractivity contribution is 7.99. The van der Waals surface area contributed by atoms with Gasteiger partial charge in [-0.2, -0.15) is 4.73 Å². The van der Waals surface area contributed by atoms with Gasteiger partial charge in [0.05, 0.1) is 18.9 Å². The number of benzene rings is 1. The lowest BCUT2D eigenvalue weighted by Crippen LogP contribution is -2.36. The van der Waals surface area contributed by atoms with Gasteiger partial charge in [-0.25, -0.2) is 22.9 Å². The average molecular weight is 521 g/mol. The van der Waals surface area contributed by atoms with Gasteiger partial charge in [-0.1, -0.05) is 17.7 Å². The van der Waals surface area contributed by atoms with Crippen molar-refractivity contribution in [2.24, 2.45) is 4.99 Å². The topological polar surface area (TPSA) is 90.5 Å². The third kappa shape index (κ3) is 5.25. The number of methoxy groups -OCH3 is 1. The molecule has 3 heterocycles. The third-order valence-electron chi connectivity index (χ3n) is 4.97. The van der Waals surface area contributed by atoms with Crippen molar-refractivity contribution in [3.8, 4) is 0 Å². The molecule has 7 nitrogen and oxygen atoms in total. The Hall–Kier alpha value is -3.57. The van der Waals surface area contributed by atoms with E-state index >= 15 is 0 Å². The number of thioether (sulfide) groups is 1. The van der Waals surface area contributed by atoms with Gasteiger partial charge in [0.15, 0.2) is 17.8 Å². The standard InChI is InChI=1S/C23H16ClF3N4O3S/c1-34-23(32)19-17(11-35-18-4-2-3-7-31(18)33)29-22(21-16(27)9-13(26)10-28-21)30-20(19)14-6-5-12(25)8-15(14)24/h2-10,20H,11H2,1H3,(H,29,30)/t20-/m0/s1. The summed E-state index contributed by atoms with van der Waals surface area (Å²) in [6.45, 7) is 0. The zero-order chi connectivity index (χ0) is 25.1. The van der Waals surface area contributed by atoms with Crippen molar-refractivity contribution >= 4 is 35.2 Å². The number of carbonyl (C=O) groups excluding carboxylic acids is 1. The molecule has 0 spiro atoms. The lowest BCUT2D eigenvalue weighted by atomic mass is 9.95. The molecule has 0 aliphatic carbocycles. The van der Waals surface area contributed by atoms with Crippen LogP contribution in [0.5, 0.6) is 0 Å². The van der Waals surface area contributed by atoms with E-state index in [-0.39, 0.29) is 39.1 Å². The molecule has 35 heavy (non-hydrogen) atoms. The molecule has 0 unspecified atom stereocenters. The molecule has 3 aromatic rings. The number of rotatable bonds is 6. The Balaban J connectivity index is 1.85. The predicted molar refractivity (Wildman–Crippen MR) is 123 cm³/mol. The zero-order valence-electron chi connectivity index (χ0n) is 18.0. The van der Waals surface area contributed by atoms with Crippen LogP contribution in [0.2, 0.25) is 5.02 Å². The fourth-order valence-corrected chi connectivity index (χ4v) is 4.54. The van der Waals surface area contributed by atoms with E-state index in [0.717, 1.165) is 30.1 Å². The maximum absolute atomic E-state index is 14.6. The van der Waals surface area contributed by atoms with E-state index in [0.29, 0.717) is 15.8 Å². The molecule has 12 heteroatoms. The number of ether oxygens (including phenoxy) is 1. The summed E-state index contributed by atoms with van der Waals surface area (Å²) >= 11 is 7.36. The molecule has 1 N–H and O–H groups in total. The molecule has 2 aromatic heterocycles. The molecular formula is C23H16ClF3N4O3S. The molecule has 0 fully saturated rings. The van der Waals surface area contributed by atoms with Gasteiger partial charge in [0.2, 0.25) is 0 Å². The number of hydrogen-bond donors (Lipinski definition) is 1. The lowest BCUT2D eigenvalue weighted by Gasteiger charge is -2.27. The number of nitrogens with zero attached hydrogens (tertiary/aromatic N) is 3. The van der Waals surface area contributed by atoms with E-state index in [9.17, 15) is 23.2 Å². The van der Waals surface area contributed by atoms with E-state index in [4.69, 9.17) is 16.3 Å². The van der Waals surface area contributed by atoms with Crippen LogP contribution in [0, 0.1) is 22.7 Å². The summed E-state index contributed by atoms with van der Waals surface area (Å²) in [5, 5.41) is 15.3. The van der Waals surface area contributed by atoms with Crippen molar-refractivity contribution in [3.05, 3.63) is 105 Å². The Labute approximate surface area is 206 Å². The number of pyridine rings is 2. The van der Waals surface area contributed by atoms with Gasteiger partial charge >= 0.3 is 5.97 Å². The molecule has 0 saturated carbocycles. The predicted octanol–water partition coefficient (Wildman–Crippen LogP) is 4.10. The molecule has 1 aromatic carbocycles. The lowest BCUT2D eigenvalue weighted by molar-refractivity contribution is -0.645. The SMILES string of the molecule is COC(=O)C1=C(CSc2cccc[n+]2[O-])NC(c2ncc(F)cc2F)=N[C@H]1c1ccc(F)cc1Cl. The van der Waals surface area contributed by atoms with Crippen LogP contribution in [0.25, 0.3) is 0 Å². The van der Waals surface area contributed by atoms with Gasteiger partial charge in [0.25, 0.3) is 5.03 Å².